The van der Waals surface area contributed by atoms with Gasteiger partial charge in [-0.15, -0.1) is 0 Å². The molecule has 7 nitrogen and oxygen atoms in total. The van der Waals surface area contributed by atoms with E-state index in [2.05, 4.69) is 13.0 Å². The number of hydrogen-bond donors (Lipinski definition) is 0. The van der Waals surface area contributed by atoms with Gasteiger partial charge >= 0.3 is 0 Å². The summed E-state index contributed by atoms with van der Waals surface area (Å²) in [4.78, 5) is 30.1. The summed E-state index contributed by atoms with van der Waals surface area (Å²) in [7, 11) is 0. The van der Waals surface area contributed by atoms with Gasteiger partial charge in [-0.1, -0.05) is 11.3 Å². The van der Waals surface area contributed by atoms with Crippen molar-refractivity contribution in [3.63, 3.8) is 0 Å². The number of aromatic nitrogens is 1. The lowest BCUT2D eigenvalue weighted by Gasteiger charge is -2.23. The lowest BCUT2D eigenvalue weighted by atomic mass is 10.1. The van der Waals surface area contributed by atoms with Crippen molar-refractivity contribution in [2.75, 3.05) is 18.1 Å². The van der Waals surface area contributed by atoms with Gasteiger partial charge < -0.3 is 4.74 Å². The molecule has 29 heavy (non-hydrogen) atoms. The van der Waals surface area contributed by atoms with E-state index in [-0.39, 0.29) is 17.7 Å². The number of fused-ring (bicyclic) bond motifs is 1. The lowest BCUT2D eigenvalue weighted by Crippen LogP contribution is -2.37. The van der Waals surface area contributed by atoms with Crippen LogP contribution in [0.1, 0.15) is 34.3 Å². The van der Waals surface area contributed by atoms with Crippen LogP contribution in [0.25, 0.3) is 10.2 Å². The van der Waals surface area contributed by atoms with E-state index in [1.807, 2.05) is 13.0 Å². The van der Waals surface area contributed by atoms with Crippen LogP contribution >= 0.6 is 11.3 Å². The summed E-state index contributed by atoms with van der Waals surface area (Å²) in [5, 5.41) is 11.5. The first-order chi connectivity index (χ1) is 13.9. The highest BCUT2D eigenvalue weighted by atomic mass is 32.1. The van der Waals surface area contributed by atoms with Gasteiger partial charge in [0.2, 0.25) is 0 Å². The number of carbonyl (C=O) groups excluding carboxylic acids is 1. The Morgan fingerprint density at radius 3 is 2.66 bits per heavy atom. The molecule has 0 spiro atoms. The van der Waals surface area contributed by atoms with Crippen LogP contribution in [0.2, 0.25) is 0 Å². The Kier molecular flexibility index (Phi) is 5.29. The minimum atomic E-state index is -0.476. The summed E-state index contributed by atoms with van der Waals surface area (Å²) >= 11 is 1.47. The van der Waals surface area contributed by atoms with Crippen molar-refractivity contribution in [1.29, 1.82) is 0 Å². The highest BCUT2D eigenvalue weighted by molar-refractivity contribution is 7.22. The number of nitrogens with zero attached hydrogens (tertiary/aromatic N) is 3. The molecule has 1 aromatic heterocycles. The first-order valence-corrected chi connectivity index (χ1v) is 10.3. The highest BCUT2D eigenvalue weighted by Crippen LogP contribution is 2.32. The largest absolute Gasteiger partial charge is 0.376 e. The summed E-state index contributed by atoms with van der Waals surface area (Å²) in [5.41, 5.74) is 3.54. The molecule has 3 aromatic rings. The minimum absolute atomic E-state index is 0.0347. The molecule has 1 aliphatic heterocycles. The number of hydrogen-bond acceptors (Lipinski definition) is 6. The predicted octanol–water partition coefficient (Wildman–Crippen LogP) is 4.65. The van der Waals surface area contributed by atoms with Crippen LogP contribution in [0.4, 0.5) is 10.8 Å². The van der Waals surface area contributed by atoms with E-state index < -0.39 is 4.92 Å². The van der Waals surface area contributed by atoms with Crippen molar-refractivity contribution in [2.45, 2.75) is 32.8 Å². The molecule has 0 radical (unpaired) electrons. The van der Waals surface area contributed by atoms with Crippen molar-refractivity contribution < 1.29 is 14.5 Å². The van der Waals surface area contributed by atoms with Gasteiger partial charge in [0, 0.05) is 24.3 Å². The molecule has 1 unspecified atom stereocenters. The number of nitro benzene ring substituents is 1. The van der Waals surface area contributed by atoms with Gasteiger partial charge in [0.25, 0.3) is 11.6 Å². The number of anilines is 1. The highest BCUT2D eigenvalue weighted by Gasteiger charge is 2.27. The normalized spacial score (nSPS) is 16.3. The van der Waals surface area contributed by atoms with E-state index in [1.54, 1.807) is 4.90 Å². The lowest BCUT2D eigenvalue weighted by molar-refractivity contribution is -0.384. The van der Waals surface area contributed by atoms with Gasteiger partial charge in [-0.3, -0.25) is 19.8 Å². The molecule has 1 aliphatic rings. The molecule has 1 atom stereocenters. The Morgan fingerprint density at radius 1 is 1.28 bits per heavy atom. The van der Waals surface area contributed by atoms with Crippen molar-refractivity contribution in [3.8, 4) is 0 Å². The van der Waals surface area contributed by atoms with Crippen molar-refractivity contribution in [3.05, 3.63) is 63.2 Å². The molecule has 1 saturated heterocycles. The maximum Gasteiger partial charge on any atom is 0.269 e. The van der Waals surface area contributed by atoms with E-state index in [9.17, 15) is 14.9 Å². The van der Waals surface area contributed by atoms with Crippen LogP contribution < -0.4 is 4.90 Å². The number of rotatable bonds is 5. The van der Waals surface area contributed by atoms with Gasteiger partial charge in [-0.05, 0) is 62.1 Å². The summed E-state index contributed by atoms with van der Waals surface area (Å²) < 4.78 is 6.77. The number of benzene rings is 2. The van der Waals surface area contributed by atoms with Crippen molar-refractivity contribution in [1.82, 2.24) is 4.98 Å². The van der Waals surface area contributed by atoms with Gasteiger partial charge in [0.05, 0.1) is 27.8 Å². The molecule has 1 amide bonds. The zero-order valence-electron chi connectivity index (χ0n) is 16.3. The van der Waals surface area contributed by atoms with Gasteiger partial charge in [-0.2, -0.15) is 0 Å². The van der Waals surface area contributed by atoms with E-state index >= 15 is 0 Å². The summed E-state index contributed by atoms with van der Waals surface area (Å²) in [5.74, 6) is -0.233. The molecule has 4 rings (SSSR count). The Hall–Kier alpha value is -2.84. The monoisotopic (exact) mass is 411 g/mol. The SMILES string of the molecule is Cc1cc2nc(N(CC3CCCO3)C(=O)c3ccc([N+](=O)[O-])cc3)sc2cc1C. The first kappa shape index (κ1) is 19.5. The Bertz CT molecular complexity index is 1030. The van der Waals surface area contributed by atoms with Gasteiger partial charge in [0.15, 0.2) is 5.13 Å². The Labute approximate surface area is 172 Å². The molecular formula is C21H21N3O4S. The molecule has 2 heterocycles. The molecule has 0 N–H and O–H groups in total. The molecule has 0 bridgehead atoms. The van der Waals surface area contributed by atoms with Gasteiger partial charge in [0.1, 0.15) is 0 Å². The average Bonchev–Trinajstić information content (AvgIpc) is 3.35. The number of ether oxygens (including phenoxy) is 1. The second kappa shape index (κ2) is 7.88. The maximum absolute atomic E-state index is 13.3. The molecule has 0 saturated carbocycles. The fourth-order valence-electron chi connectivity index (χ4n) is 3.40. The second-order valence-electron chi connectivity index (χ2n) is 7.26. The minimum Gasteiger partial charge on any atom is -0.376 e. The first-order valence-electron chi connectivity index (χ1n) is 9.48. The standard InChI is InChI=1S/C21H21N3O4S/c1-13-10-18-19(11-14(13)2)29-21(22-18)23(12-17-4-3-9-28-17)20(25)15-5-7-16(8-6-15)24(26)27/h5-8,10-11,17H,3-4,9,12H2,1-2H3. The Balaban J connectivity index is 1.70. The van der Waals surface area contributed by atoms with Crippen LogP contribution in [-0.4, -0.2) is 35.1 Å². The number of aryl methyl sites for hydroxylation is 2. The maximum atomic E-state index is 13.3. The summed E-state index contributed by atoms with van der Waals surface area (Å²) in [6.45, 7) is 5.20. The van der Waals surface area contributed by atoms with Crippen LogP contribution in [-0.2, 0) is 4.74 Å². The fourth-order valence-corrected chi connectivity index (χ4v) is 4.46. The molecule has 8 heteroatoms. The molecule has 2 aromatic carbocycles. The number of amides is 1. The third kappa shape index (κ3) is 3.99. The third-order valence-corrected chi connectivity index (χ3v) is 6.25. The fraction of sp³-hybridized carbons (Fsp3) is 0.333. The zero-order chi connectivity index (χ0) is 20.5. The summed E-state index contributed by atoms with van der Waals surface area (Å²) in [6, 6.07) is 9.80. The van der Waals surface area contributed by atoms with Crippen LogP contribution in [0.3, 0.4) is 0 Å². The number of nitro groups is 1. The second-order valence-corrected chi connectivity index (χ2v) is 8.26. The van der Waals surface area contributed by atoms with E-state index in [4.69, 9.17) is 9.72 Å². The number of thiazole rings is 1. The van der Waals surface area contributed by atoms with E-state index in [0.29, 0.717) is 23.8 Å². The van der Waals surface area contributed by atoms with Gasteiger partial charge in [-0.25, -0.2) is 4.98 Å². The van der Waals surface area contributed by atoms with E-state index in [1.165, 1.54) is 41.2 Å². The van der Waals surface area contributed by atoms with Crippen molar-refractivity contribution in [2.24, 2.45) is 0 Å². The quantitative estimate of drug-likeness (QED) is 0.451. The van der Waals surface area contributed by atoms with Crippen LogP contribution in [0.5, 0.6) is 0 Å². The third-order valence-electron chi connectivity index (χ3n) is 5.20. The molecular weight excluding hydrogens is 390 g/mol. The topological polar surface area (TPSA) is 85.6 Å². The zero-order valence-corrected chi connectivity index (χ0v) is 17.1. The average molecular weight is 411 g/mol. The molecule has 1 fully saturated rings. The Morgan fingerprint density at radius 2 is 2.00 bits per heavy atom. The van der Waals surface area contributed by atoms with Crippen molar-refractivity contribution >= 4 is 38.3 Å². The summed E-state index contributed by atoms with van der Waals surface area (Å²) in [6.07, 6.45) is 1.84. The predicted molar refractivity (Wildman–Crippen MR) is 113 cm³/mol. The van der Waals surface area contributed by atoms with Crippen LogP contribution in [0.15, 0.2) is 36.4 Å². The number of non-ortho nitro benzene ring substituents is 1. The number of carbonyl (C=O) groups is 1. The smallest absolute Gasteiger partial charge is 0.269 e. The molecule has 150 valence electrons. The van der Waals surface area contributed by atoms with E-state index in [0.717, 1.165) is 28.6 Å². The van der Waals surface area contributed by atoms with Crippen LogP contribution in [0, 0.1) is 24.0 Å². The molecule has 0 aliphatic carbocycles.